The van der Waals surface area contributed by atoms with E-state index in [4.69, 9.17) is 19.4 Å². The quantitative estimate of drug-likeness (QED) is 0.489. The summed E-state index contributed by atoms with van der Waals surface area (Å²) in [6, 6.07) is 4.45. The second-order valence-electron chi connectivity index (χ2n) is 10.9. The molecule has 202 valence electrons. The van der Waals surface area contributed by atoms with E-state index in [-0.39, 0.29) is 24.2 Å². The Morgan fingerprint density at radius 1 is 1.16 bits per heavy atom. The number of rotatable bonds is 10. The molecule has 1 unspecified atom stereocenters. The zero-order valence-electron chi connectivity index (χ0n) is 22.6. The van der Waals surface area contributed by atoms with Crippen LogP contribution in [0.3, 0.4) is 0 Å². The molecule has 3 fully saturated rings. The molecule has 2 aromatic rings. The molecule has 10 heteroatoms. The number of nitrogens with one attached hydrogen (secondary N) is 2. The van der Waals surface area contributed by atoms with Gasteiger partial charge in [0, 0.05) is 55.8 Å². The van der Waals surface area contributed by atoms with Crippen molar-refractivity contribution < 1.29 is 14.3 Å². The highest BCUT2D eigenvalue weighted by atomic mass is 16.5. The second kappa shape index (κ2) is 11.2. The fraction of sp³-hybridized carbons (Fsp3) is 0.704. The van der Waals surface area contributed by atoms with E-state index < -0.39 is 0 Å². The fourth-order valence-corrected chi connectivity index (χ4v) is 5.62. The average Bonchev–Trinajstić information content (AvgIpc) is 3.37. The monoisotopic (exact) mass is 511 g/mol. The zero-order valence-corrected chi connectivity index (χ0v) is 22.6. The van der Waals surface area contributed by atoms with E-state index in [2.05, 4.69) is 46.2 Å². The van der Waals surface area contributed by atoms with Crippen LogP contribution < -0.4 is 15.0 Å². The summed E-state index contributed by atoms with van der Waals surface area (Å²) in [5.74, 6) is 3.41. The molecule has 0 bridgehead atoms. The Labute approximate surface area is 219 Å². The molecule has 1 amide bonds. The molecule has 4 atom stereocenters. The van der Waals surface area contributed by atoms with Gasteiger partial charge < -0.3 is 24.6 Å². The maximum Gasteiger partial charge on any atom is 0.230 e. The number of H-pyrrole nitrogens is 1. The summed E-state index contributed by atoms with van der Waals surface area (Å²) in [6.07, 6.45) is 7.68. The number of aromatic amines is 1. The van der Waals surface area contributed by atoms with E-state index in [1.54, 1.807) is 0 Å². The molecule has 5 rings (SSSR count). The Bertz CT molecular complexity index is 1050. The molecule has 2 aromatic heterocycles. The normalized spacial score (nSPS) is 25.8. The molecule has 2 N–H and O–H groups in total. The molecule has 1 aliphatic carbocycles. The second-order valence-corrected chi connectivity index (χ2v) is 10.9. The highest BCUT2D eigenvalue weighted by Crippen LogP contribution is 2.37. The van der Waals surface area contributed by atoms with Crippen molar-refractivity contribution in [2.75, 3.05) is 30.5 Å². The highest BCUT2D eigenvalue weighted by molar-refractivity contribution is 5.77. The van der Waals surface area contributed by atoms with E-state index in [1.165, 1.54) is 12.8 Å². The number of nitrogens with zero attached hydrogens (tertiary/aromatic N) is 5. The van der Waals surface area contributed by atoms with Gasteiger partial charge in [-0.15, -0.1) is 0 Å². The van der Waals surface area contributed by atoms with Gasteiger partial charge in [-0.25, -0.2) is 0 Å². The van der Waals surface area contributed by atoms with Gasteiger partial charge in [0.25, 0.3) is 0 Å². The Hall–Kier alpha value is -2.88. The first-order valence-electron chi connectivity index (χ1n) is 13.9. The van der Waals surface area contributed by atoms with Gasteiger partial charge in [-0.3, -0.25) is 9.89 Å². The van der Waals surface area contributed by atoms with E-state index in [0.29, 0.717) is 54.9 Å². The third kappa shape index (κ3) is 6.17. The Morgan fingerprint density at radius 3 is 2.51 bits per heavy atom. The Morgan fingerprint density at radius 2 is 1.92 bits per heavy atom. The number of ether oxygens (including phenoxy) is 2. The van der Waals surface area contributed by atoms with Gasteiger partial charge in [0.1, 0.15) is 11.9 Å². The summed E-state index contributed by atoms with van der Waals surface area (Å²) in [5.41, 5.74) is 0.965. The first-order chi connectivity index (χ1) is 17.9. The van der Waals surface area contributed by atoms with Crippen LogP contribution >= 0.6 is 0 Å². The summed E-state index contributed by atoms with van der Waals surface area (Å²) in [4.78, 5) is 27.3. The van der Waals surface area contributed by atoms with Crippen molar-refractivity contribution in [3.8, 4) is 5.88 Å². The van der Waals surface area contributed by atoms with E-state index in [9.17, 15) is 4.79 Å². The molecular weight excluding hydrogens is 470 g/mol. The molecule has 2 saturated heterocycles. The summed E-state index contributed by atoms with van der Waals surface area (Å²) in [5, 5.41) is 10.5. The van der Waals surface area contributed by atoms with Gasteiger partial charge in [-0.2, -0.15) is 15.1 Å². The topological polar surface area (TPSA) is 108 Å². The molecule has 0 spiro atoms. The van der Waals surface area contributed by atoms with Crippen LogP contribution in [0.15, 0.2) is 12.1 Å². The average molecular weight is 512 g/mol. The summed E-state index contributed by atoms with van der Waals surface area (Å²) < 4.78 is 11.7. The molecule has 0 radical (unpaired) electrons. The Balaban J connectivity index is 1.37. The molecule has 0 aromatic carbocycles. The largest absolute Gasteiger partial charge is 0.472 e. The lowest BCUT2D eigenvalue weighted by atomic mass is 9.87. The van der Waals surface area contributed by atoms with Crippen molar-refractivity contribution in [2.45, 2.75) is 96.4 Å². The minimum absolute atomic E-state index is 0.0109. The molecule has 1 saturated carbocycles. The number of hydrogen-bond donors (Lipinski definition) is 2. The van der Waals surface area contributed by atoms with Gasteiger partial charge in [-0.05, 0) is 51.4 Å². The lowest BCUT2D eigenvalue weighted by Crippen LogP contribution is -2.56. The van der Waals surface area contributed by atoms with Crippen LogP contribution in [0, 0.1) is 12.8 Å². The number of amides is 1. The van der Waals surface area contributed by atoms with Gasteiger partial charge in [0.05, 0.1) is 13.2 Å². The van der Waals surface area contributed by atoms with E-state index in [0.717, 1.165) is 37.8 Å². The number of hydrogen-bond acceptors (Lipinski definition) is 8. The number of aryl methyl sites for hydroxylation is 1. The number of anilines is 3. The predicted molar refractivity (Wildman–Crippen MR) is 142 cm³/mol. The maximum atomic E-state index is 13.2. The van der Waals surface area contributed by atoms with Crippen molar-refractivity contribution in [2.24, 2.45) is 5.92 Å². The number of piperidine rings is 1. The summed E-state index contributed by atoms with van der Waals surface area (Å²) in [7, 11) is 2.06. The predicted octanol–water partition coefficient (Wildman–Crippen LogP) is 4.20. The van der Waals surface area contributed by atoms with Gasteiger partial charge in [0.15, 0.2) is 5.82 Å². The summed E-state index contributed by atoms with van der Waals surface area (Å²) in [6.45, 7) is 7.62. The minimum Gasteiger partial charge on any atom is -0.472 e. The molecule has 10 nitrogen and oxygen atoms in total. The Kier molecular flexibility index (Phi) is 7.83. The number of likely N-dealkylation sites (tertiary alicyclic amines) is 1. The van der Waals surface area contributed by atoms with Gasteiger partial charge in [-0.1, -0.05) is 13.8 Å². The molecule has 2 aliphatic heterocycles. The molecule has 3 aliphatic rings. The number of aromatic nitrogens is 4. The van der Waals surface area contributed by atoms with Crippen molar-refractivity contribution >= 4 is 23.5 Å². The highest BCUT2D eigenvalue weighted by Gasteiger charge is 2.40. The van der Waals surface area contributed by atoms with E-state index in [1.807, 2.05) is 19.1 Å². The van der Waals surface area contributed by atoms with Crippen LogP contribution in [0.5, 0.6) is 5.88 Å². The van der Waals surface area contributed by atoms with Crippen molar-refractivity contribution in [3.05, 3.63) is 17.8 Å². The van der Waals surface area contributed by atoms with Crippen LogP contribution in [0.4, 0.5) is 17.6 Å². The SMILES string of the molecule is CC[C@@H]1CC(N(C)c2nc(Nc3cc(C)[nH]n3)cc(O[C@H]3CCOC3)n2)C[C@H](CC)N1C(=O)CC1CC1. The maximum absolute atomic E-state index is 13.2. The van der Waals surface area contributed by atoms with Crippen LogP contribution in [0.1, 0.15) is 70.9 Å². The first kappa shape index (κ1) is 25.8. The van der Waals surface area contributed by atoms with Gasteiger partial charge >= 0.3 is 0 Å². The van der Waals surface area contributed by atoms with Crippen molar-refractivity contribution in [3.63, 3.8) is 0 Å². The van der Waals surface area contributed by atoms with Crippen LogP contribution in [-0.2, 0) is 9.53 Å². The standard InChI is InChI=1S/C27H41N7O3/c1-5-19-13-21(14-20(6-2)34(19)26(35)12-18-7-8-18)33(4)27-29-23(28-24-11-17(3)31-32-24)15-25(30-27)37-22-9-10-36-16-22/h11,15,18-22H,5-10,12-14,16H2,1-4H3,(H2,28,29,30,31,32)/t19-,20+,21?,22-/m0/s1. The number of carbonyl (C=O) groups excluding carboxylic acids is 1. The van der Waals surface area contributed by atoms with E-state index >= 15 is 0 Å². The molecular formula is C27H41N7O3. The minimum atomic E-state index is -0.0109. The third-order valence-corrected chi connectivity index (χ3v) is 7.96. The van der Waals surface area contributed by atoms with Gasteiger partial charge in [0.2, 0.25) is 17.7 Å². The number of carbonyl (C=O) groups is 1. The van der Waals surface area contributed by atoms with Crippen LogP contribution in [0.25, 0.3) is 0 Å². The molecule has 4 heterocycles. The molecule has 37 heavy (non-hydrogen) atoms. The van der Waals surface area contributed by atoms with Crippen molar-refractivity contribution in [1.82, 2.24) is 25.1 Å². The van der Waals surface area contributed by atoms with Crippen LogP contribution in [0.2, 0.25) is 0 Å². The fourth-order valence-electron chi connectivity index (χ4n) is 5.62. The summed E-state index contributed by atoms with van der Waals surface area (Å²) >= 11 is 0. The first-order valence-corrected chi connectivity index (χ1v) is 13.9. The van der Waals surface area contributed by atoms with Crippen molar-refractivity contribution in [1.29, 1.82) is 0 Å². The van der Waals surface area contributed by atoms with Crippen LogP contribution in [-0.4, -0.2) is 75.5 Å². The third-order valence-electron chi connectivity index (χ3n) is 7.96. The zero-order chi connectivity index (χ0) is 25.9. The smallest absolute Gasteiger partial charge is 0.230 e. The lowest BCUT2D eigenvalue weighted by Gasteiger charge is -2.47. The lowest BCUT2D eigenvalue weighted by molar-refractivity contribution is -0.139.